The van der Waals surface area contributed by atoms with Gasteiger partial charge in [0.15, 0.2) is 0 Å². The van der Waals surface area contributed by atoms with Gasteiger partial charge in [-0.05, 0) is 17.7 Å². The fourth-order valence-electron chi connectivity index (χ4n) is 2.50. The molecule has 1 aromatic heterocycles. The van der Waals surface area contributed by atoms with Crippen LogP contribution in [0, 0.1) is 0 Å². The molecule has 3 N–H and O–H groups in total. The number of nitrogens with two attached hydrogens (primary N) is 1. The van der Waals surface area contributed by atoms with Crippen LogP contribution in [0.1, 0.15) is 11.1 Å². The fourth-order valence-corrected chi connectivity index (χ4v) is 2.50. The lowest BCUT2D eigenvalue weighted by Crippen LogP contribution is -2.13. The minimum absolute atomic E-state index is 0. The lowest BCUT2D eigenvalue weighted by atomic mass is 9.99. The van der Waals surface area contributed by atoms with Crippen LogP contribution in [0.4, 0.5) is 13.2 Å². The molecule has 3 rings (SSSR count). The van der Waals surface area contributed by atoms with Gasteiger partial charge >= 0.3 is 6.18 Å². The summed E-state index contributed by atoms with van der Waals surface area (Å²) in [4.78, 5) is 11.8. The maximum atomic E-state index is 13.2. The van der Waals surface area contributed by atoms with Gasteiger partial charge in [0.2, 0.25) is 0 Å². The first-order valence-corrected chi connectivity index (χ1v) is 6.80. The van der Waals surface area contributed by atoms with Crippen molar-refractivity contribution in [2.45, 2.75) is 12.7 Å². The van der Waals surface area contributed by atoms with Gasteiger partial charge in [0.05, 0.1) is 16.6 Å². The fraction of sp³-hybridized carbons (Fsp3) is 0.125. The zero-order chi connectivity index (χ0) is 16.6. The lowest BCUT2D eigenvalue weighted by Gasteiger charge is -2.14. The van der Waals surface area contributed by atoms with Gasteiger partial charge in [-0.3, -0.25) is 4.79 Å². The van der Waals surface area contributed by atoms with Gasteiger partial charge in [-0.25, -0.2) is 5.10 Å². The molecular formula is C16H13ClF3N3O. The molecule has 0 aliphatic carbocycles. The molecule has 1 heterocycles. The van der Waals surface area contributed by atoms with E-state index < -0.39 is 11.7 Å². The van der Waals surface area contributed by atoms with Gasteiger partial charge < -0.3 is 5.73 Å². The molecule has 0 saturated heterocycles. The molecule has 0 radical (unpaired) electrons. The molecule has 0 amide bonds. The molecule has 0 atom stereocenters. The SMILES string of the molecule is Cl.NCc1ccc(-c2n[nH]c(=O)c3ccccc23)cc1C(F)(F)F. The zero-order valence-corrected chi connectivity index (χ0v) is 13.0. The smallest absolute Gasteiger partial charge is 0.326 e. The predicted octanol–water partition coefficient (Wildman–Crippen LogP) is 3.49. The van der Waals surface area contributed by atoms with Crippen LogP contribution in [-0.2, 0) is 12.7 Å². The van der Waals surface area contributed by atoms with E-state index in [1.54, 1.807) is 24.3 Å². The van der Waals surface area contributed by atoms with Crippen LogP contribution in [-0.4, -0.2) is 10.2 Å². The highest BCUT2D eigenvalue weighted by molar-refractivity contribution is 5.93. The molecular weight excluding hydrogens is 343 g/mol. The summed E-state index contributed by atoms with van der Waals surface area (Å²) >= 11 is 0. The number of benzene rings is 2. The van der Waals surface area contributed by atoms with Crippen molar-refractivity contribution in [1.82, 2.24) is 10.2 Å². The summed E-state index contributed by atoms with van der Waals surface area (Å²) in [5.41, 5.74) is 4.76. The van der Waals surface area contributed by atoms with Crippen molar-refractivity contribution < 1.29 is 13.2 Å². The van der Waals surface area contributed by atoms with Gasteiger partial charge in [0, 0.05) is 17.5 Å². The number of halogens is 4. The van der Waals surface area contributed by atoms with E-state index in [2.05, 4.69) is 10.2 Å². The van der Waals surface area contributed by atoms with Gasteiger partial charge in [0.25, 0.3) is 5.56 Å². The van der Waals surface area contributed by atoms with E-state index >= 15 is 0 Å². The third kappa shape index (κ3) is 3.13. The Labute approximate surface area is 140 Å². The first kappa shape index (κ1) is 18.0. The van der Waals surface area contributed by atoms with Crippen LogP contribution >= 0.6 is 12.4 Å². The Morgan fingerprint density at radius 1 is 1.08 bits per heavy atom. The number of nitrogens with one attached hydrogen (secondary N) is 1. The van der Waals surface area contributed by atoms with Crippen LogP contribution < -0.4 is 11.3 Å². The summed E-state index contributed by atoms with van der Waals surface area (Å²) in [6, 6.07) is 10.5. The average Bonchev–Trinajstić information content (AvgIpc) is 2.54. The highest BCUT2D eigenvalue weighted by Crippen LogP contribution is 2.35. The molecule has 2 aromatic carbocycles. The molecule has 8 heteroatoms. The third-order valence-electron chi connectivity index (χ3n) is 3.60. The van der Waals surface area contributed by atoms with Crippen LogP contribution in [0.15, 0.2) is 47.3 Å². The molecule has 0 bridgehead atoms. The third-order valence-corrected chi connectivity index (χ3v) is 3.60. The zero-order valence-electron chi connectivity index (χ0n) is 12.2. The van der Waals surface area contributed by atoms with Crippen LogP contribution in [0.5, 0.6) is 0 Å². The number of hydrogen-bond acceptors (Lipinski definition) is 3. The minimum atomic E-state index is -4.51. The van der Waals surface area contributed by atoms with Crippen molar-refractivity contribution in [1.29, 1.82) is 0 Å². The van der Waals surface area contributed by atoms with Crippen molar-refractivity contribution in [3.8, 4) is 11.3 Å². The second kappa shape index (κ2) is 6.62. The number of nitrogens with zero attached hydrogens (tertiary/aromatic N) is 1. The van der Waals surface area contributed by atoms with Gasteiger partial charge in [-0.2, -0.15) is 18.3 Å². The normalized spacial score (nSPS) is 11.3. The molecule has 24 heavy (non-hydrogen) atoms. The quantitative estimate of drug-likeness (QED) is 0.739. The monoisotopic (exact) mass is 355 g/mol. The maximum absolute atomic E-state index is 13.2. The standard InChI is InChI=1S/C16H12F3N3O.ClH/c17-16(18,19)13-7-9(5-6-10(13)8-20)14-11-3-1-2-4-12(11)15(23)22-21-14;/h1-7H,8,20H2,(H,22,23);1H. The topological polar surface area (TPSA) is 71.8 Å². The summed E-state index contributed by atoms with van der Waals surface area (Å²) in [6.07, 6.45) is -4.51. The lowest BCUT2D eigenvalue weighted by molar-refractivity contribution is -0.138. The number of alkyl halides is 3. The van der Waals surface area contributed by atoms with E-state index in [4.69, 9.17) is 5.73 Å². The van der Waals surface area contributed by atoms with Gasteiger partial charge in [-0.1, -0.05) is 30.3 Å². The molecule has 0 fully saturated rings. The van der Waals surface area contributed by atoms with Crippen LogP contribution in [0.25, 0.3) is 22.0 Å². The second-order valence-corrected chi connectivity index (χ2v) is 5.02. The van der Waals surface area contributed by atoms with Crippen molar-refractivity contribution >= 4 is 23.2 Å². The van der Waals surface area contributed by atoms with E-state index in [9.17, 15) is 18.0 Å². The summed E-state index contributed by atoms with van der Waals surface area (Å²) in [5.74, 6) is 0. The van der Waals surface area contributed by atoms with E-state index in [1.807, 2.05) is 0 Å². The van der Waals surface area contributed by atoms with Crippen LogP contribution in [0.2, 0.25) is 0 Å². The van der Waals surface area contributed by atoms with E-state index in [0.717, 1.165) is 6.07 Å². The summed E-state index contributed by atoms with van der Waals surface area (Å²) in [7, 11) is 0. The second-order valence-electron chi connectivity index (χ2n) is 5.02. The minimum Gasteiger partial charge on any atom is -0.326 e. The van der Waals surface area contributed by atoms with Crippen molar-refractivity contribution in [3.63, 3.8) is 0 Å². The Hall–Kier alpha value is -2.38. The maximum Gasteiger partial charge on any atom is 0.416 e. The molecule has 0 aliphatic heterocycles. The number of fused-ring (bicyclic) bond motifs is 1. The number of aromatic nitrogens is 2. The number of aromatic amines is 1. The predicted molar refractivity (Wildman–Crippen MR) is 87.9 cm³/mol. The summed E-state index contributed by atoms with van der Waals surface area (Å²) in [5, 5.41) is 7.10. The van der Waals surface area contributed by atoms with Crippen molar-refractivity contribution in [3.05, 3.63) is 63.9 Å². The largest absolute Gasteiger partial charge is 0.416 e. The highest BCUT2D eigenvalue weighted by Gasteiger charge is 2.33. The molecule has 0 aliphatic rings. The Morgan fingerprint density at radius 2 is 1.75 bits per heavy atom. The van der Waals surface area contributed by atoms with Crippen LogP contribution in [0.3, 0.4) is 0 Å². The summed E-state index contributed by atoms with van der Waals surface area (Å²) in [6.45, 7) is -0.213. The molecule has 0 saturated carbocycles. The van der Waals surface area contributed by atoms with Gasteiger partial charge in [0.1, 0.15) is 0 Å². The molecule has 4 nitrogen and oxygen atoms in total. The molecule has 0 unspecified atom stereocenters. The Morgan fingerprint density at radius 3 is 2.38 bits per heavy atom. The van der Waals surface area contributed by atoms with Gasteiger partial charge in [-0.15, -0.1) is 12.4 Å². The molecule has 3 aromatic rings. The molecule has 0 spiro atoms. The number of rotatable bonds is 2. The number of hydrogen-bond donors (Lipinski definition) is 2. The Bertz CT molecular complexity index is 938. The average molecular weight is 356 g/mol. The first-order chi connectivity index (χ1) is 10.9. The Kier molecular flexibility index (Phi) is 4.96. The highest BCUT2D eigenvalue weighted by atomic mass is 35.5. The number of H-pyrrole nitrogens is 1. The Balaban J connectivity index is 0.00000208. The summed E-state index contributed by atoms with van der Waals surface area (Å²) < 4.78 is 39.5. The van der Waals surface area contributed by atoms with Crippen molar-refractivity contribution in [2.24, 2.45) is 5.73 Å². The van der Waals surface area contributed by atoms with Crippen molar-refractivity contribution in [2.75, 3.05) is 0 Å². The van der Waals surface area contributed by atoms with E-state index in [0.29, 0.717) is 10.8 Å². The first-order valence-electron chi connectivity index (χ1n) is 6.80. The van der Waals surface area contributed by atoms with E-state index in [-0.39, 0.29) is 41.3 Å². The molecule has 126 valence electrons. The van der Waals surface area contributed by atoms with E-state index in [1.165, 1.54) is 12.1 Å².